The topological polar surface area (TPSA) is 72.2 Å². The van der Waals surface area contributed by atoms with E-state index < -0.39 is 17.6 Å². The molecule has 0 bridgehead atoms. The second-order valence-corrected chi connectivity index (χ2v) is 7.23. The van der Waals surface area contributed by atoms with Gasteiger partial charge in [-0.1, -0.05) is 49.6 Å². The van der Waals surface area contributed by atoms with Gasteiger partial charge in [0.25, 0.3) is 0 Å². The maximum atomic E-state index is 14.8. The summed E-state index contributed by atoms with van der Waals surface area (Å²) in [6.07, 6.45) is 5.30. The first-order chi connectivity index (χ1) is 13.0. The number of nitrogens with one attached hydrogen (secondary N) is 1. The SMILES string of the molecule is Cc1ccccc1C(C(=O)NC1CCCCC1)c1ccc(C(N)=O)cc1F. The molecule has 0 aromatic heterocycles. The summed E-state index contributed by atoms with van der Waals surface area (Å²) in [6.45, 7) is 1.91. The molecule has 0 heterocycles. The molecule has 5 heteroatoms. The number of hydrogen-bond donors (Lipinski definition) is 2. The Bertz CT molecular complexity index is 844. The van der Waals surface area contributed by atoms with Crippen molar-refractivity contribution in [2.75, 3.05) is 0 Å². The monoisotopic (exact) mass is 368 g/mol. The van der Waals surface area contributed by atoms with Gasteiger partial charge in [0.05, 0.1) is 5.92 Å². The molecule has 27 heavy (non-hydrogen) atoms. The standard InChI is InChI=1S/C22H25FN2O2/c1-14-7-5-6-10-17(14)20(22(27)25-16-8-3-2-4-9-16)18-12-11-15(21(24)26)13-19(18)23/h5-7,10-13,16,20H,2-4,8-9H2,1H3,(H2,24,26)(H,25,27). The van der Waals surface area contributed by atoms with E-state index in [-0.39, 0.29) is 23.1 Å². The molecule has 0 saturated heterocycles. The second-order valence-electron chi connectivity index (χ2n) is 7.23. The van der Waals surface area contributed by atoms with Crippen LogP contribution in [-0.4, -0.2) is 17.9 Å². The van der Waals surface area contributed by atoms with Gasteiger partial charge in [0.15, 0.2) is 0 Å². The van der Waals surface area contributed by atoms with Crippen molar-refractivity contribution in [3.05, 3.63) is 70.5 Å². The van der Waals surface area contributed by atoms with Crippen molar-refractivity contribution < 1.29 is 14.0 Å². The minimum absolute atomic E-state index is 0.0903. The molecule has 1 unspecified atom stereocenters. The number of hydrogen-bond acceptors (Lipinski definition) is 2. The number of halogens is 1. The summed E-state index contributed by atoms with van der Waals surface area (Å²) < 4.78 is 14.8. The number of nitrogens with two attached hydrogens (primary N) is 1. The second kappa shape index (κ2) is 8.33. The van der Waals surface area contributed by atoms with E-state index in [0.717, 1.165) is 42.9 Å². The lowest BCUT2D eigenvalue weighted by Crippen LogP contribution is -2.39. The molecule has 2 aromatic rings. The zero-order valence-corrected chi connectivity index (χ0v) is 15.5. The van der Waals surface area contributed by atoms with Crippen molar-refractivity contribution in [1.29, 1.82) is 0 Å². The van der Waals surface area contributed by atoms with E-state index in [1.807, 2.05) is 31.2 Å². The summed E-state index contributed by atoms with van der Waals surface area (Å²) in [4.78, 5) is 24.5. The van der Waals surface area contributed by atoms with Crippen molar-refractivity contribution in [2.45, 2.75) is 51.0 Å². The van der Waals surface area contributed by atoms with E-state index in [9.17, 15) is 14.0 Å². The maximum Gasteiger partial charge on any atom is 0.248 e. The average molecular weight is 368 g/mol. The van der Waals surface area contributed by atoms with Gasteiger partial charge in [-0.05, 0) is 43.0 Å². The highest BCUT2D eigenvalue weighted by Gasteiger charge is 2.29. The van der Waals surface area contributed by atoms with Crippen molar-refractivity contribution in [3.8, 4) is 0 Å². The smallest absolute Gasteiger partial charge is 0.248 e. The molecule has 2 aromatic carbocycles. The Balaban J connectivity index is 1.99. The van der Waals surface area contributed by atoms with Gasteiger partial charge in [0.1, 0.15) is 5.82 Å². The van der Waals surface area contributed by atoms with Crippen LogP contribution in [0.25, 0.3) is 0 Å². The van der Waals surface area contributed by atoms with Crippen LogP contribution in [0.1, 0.15) is 65.1 Å². The number of benzene rings is 2. The van der Waals surface area contributed by atoms with Gasteiger partial charge in [-0.15, -0.1) is 0 Å². The molecule has 0 spiro atoms. The quantitative estimate of drug-likeness (QED) is 0.842. The minimum Gasteiger partial charge on any atom is -0.366 e. The van der Waals surface area contributed by atoms with Crippen LogP contribution >= 0.6 is 0 Å². The summed E-state index contributed by atoms with van der Waals surface area (Å²) in [5.41, 5.74) is 7.26. The average Bonchev–Trinajstić information content (AvgIpc) is 2.65. The van der Waals surface area contributed by atoms with Gasteiger partial charge >= 0.3 is 0 Å². The Morgan fingerprint density at radius 3 is 2.41 bits per heavy atom. The Labute approximate surface area is 159 Å². The van der Waals surface area contributed by atoms with E-state index >= 15 is 0 Å². The third kappa shape index (κ3) is 4.35. The van der Waals surface area contributed by atoms with E-state index in [0.29, 0.717) is 0 Å². The fourth-order valence-electron chi connectivity index (χ4n) is 3.81. The molecular weight excluding hydrogens is 343 g/mol. The molecule has 0 radical (unpaired) electrons. The van der Waals surface area contributed by atoms with Crippen molar-refractivity contribution in [2.24, 2.45) is 5.73 Å². The summed E-state index contributed by atoms with van der Waals surface area (Å²) >= 11 is 0. The fourth-order valence-corrected chi connectivity index (χ4v) is 3.81. The van der Waals surface area contributed by atoms with Crippen LogP contribution in [0.15, 0.2) is 42.5 Å². The highest BCUT2D eigenvalue weighted by molar-refractivity contribution is 5.93. The molecular formula is C22H25FN2O2. The van der Waals surface area contributed by atoms with Crippen LogP contribution in [0, 0.1) is 12.7 Å². The molecule has 1 fully saturated rings. The molecule has 1 atom stereocenters. The predicted molar refractivity (Wildman–Crippen MR) is 103 cm³/mol. The minimum atomic E-state index is -0.768. The molecule has 3 rings (SSSR count). The highest BCUT2D eigenvalue weighted by atomic mass is 19.1. The predicted octanol–water partition coefficient (Wildman–Crippen LogP) is 3.81. The maximum absolute atomic E-state index is 14.8. The molecule has 4 nitrogen and oxygen atoms in total. The van der Waals surface area contributed by atoms with Crippen LogP contribution in [0.4, 0.5) is 4.39 Å². The van der Waals surface area contributed by atoms with Crippen LogP contribution in [0.3, 0.4) is 0 Å². The number of primary amides is 1. The molecule has 2 amide bonds. The molecule has 1 saturated carbocycles. The summed E-state index contributed by atoms with van der Waals surface area (Å²) in [5.74, 6) is -2.27. The van der Waals surface area contributed by atoms with Gasteiger partial charge in [-0.25, -0.2) is 4.39 Å². The highest BCUT2D eigenvalue weighted by Crippen LogP contribution is 2.31. The Hall–Kier alpha value is -2.69. The van der Waals surface area contributed by atoms with Gasteiger partial charge in [0, 0.05) is 17.2 Å². The number of carbonyl (C=O) groups is 2. The molecule has 1 aliphatic carbocycles. The number of aryl methyl sites for hydroxylation is 1. The largest absolute Gasteiger partial charge is 0.366 e. The molecule has 1 aliphatic rings. The summed E-state index contributed by atoms with van der Waals surface area (Å²) in [6, 6.07) is 11.7. The van der Waals surface area contributed by atoms with Crippen LogP contribution in [0.5, 0.6) is 0 Å². The third-order valence-electron chi connectivity index (χ3n) is 5.31. The molecule has 142 valence electrons. The van der Waals surface area contributed by atoms with Crippen molar-refractivity contribution in [1.82, 2.24) is 5.32 Å². The zero-order valence-electron chi connectivity index (χ0n) is 15.5. The summed E-state index contributed by atoms with van der Waals surface area (Å²) in [5, 5.41) is 3.11. The fraction of sp³-hybridized carbons (Fsp3) is 0.364. The lowest BCUT2D eigenvalue weighted by molar-refractivity contribution is -0.122. The molecule has 0 aliphatic heterocycles. The van der Waals surface area contributed by atoms with E-state index in [4.69, 9.17) is 5.73 Å². The number of carbonyl (C=O) groups excluding carboxylic acids is 2. The van der Waals surface area contributed by atoms with E-state index in [1.54, 1.807) is 0 Å². The first kappa shape index (κ1) is 19.1. The van der Waals surface area contributed by atoms with Crippen molar-refractivity contribution in [3.63, 3.8) is 0 Å². The Kier molecular flexibility index (Phi) is 5.89. The van der Waals surface area contributed by atoms with E-state index in [2.05, 4.69) is 5.32 Å². The van der Waals surface area contributed by atoms with Crippen LogP contribution in [0.2, 0.25) is 0 Å². The van der Waals surface area contributed by atoms with Crippen LogP contribution in [-0.2, 0) is 4.79 Å². The number of amides is 2. The molecule has 3 N–H and O–H groups in total. The van der Waals surface area contributed by atoms with E-state index in [1.165, 1.54) is 18.6 Å². The van der Waals surface area contributed by atoms with Crippen LogP contribution < -0.4 is 11.1 Å². The zero-order chi connectivity index (χ0) is 19.4. The Morgan fingerprint density at radius 2 is 1.78 bits per heavy atom. The van der Waals surface area contributed by atoms with Gasteiger partial charge < -0.3 is 11.1 Å². The number of rotatable bonds is 5. The third-order valence-corrected chi connectivity index (χ3v) is 5.31. The van der Waals surface area contributed by atoms with Gasteiger partial charge in [-0.3, -0.25) is 9.59 Å². The Morgan fingerprint density at radius 1 is 1.07 bits per heavy atom. The lowest BCUT2D eigenvalue weighted by Gasteiger charge is -2.27. The normalized spacial score (nSPS) is 15.9. The van der Waals surface area contributed by atoms with Gasteiger partial charge in [-0.2, -0.15) is 0 Å². The first-order valence-electron chi connectivity index (χ1n) is 9.42. The lowest BCUT2D eigenvalue weighted by atomic mass is 9.86. The van der Waals surface area contributed by atoms with Gasteiger partial charge in [0.2, 0.25) is 11.8 Å². The first-order valence-corrected chi connectivity index (χ1v) is 9.42. The summed E-state index contributed by atoms with van der Waals surface area (Å²) in [7, 11) is 0. The van der Waals surface area contributed by atoms with Crippen molar-refractivity contribution >= 4 is 11.8 Å².